The minimum absolute atomic E-state index is 0.0307. The lowest BCUT2D eigenvalue weighted by molar-refractivity contribution is 0.241. The van der Waals surface area contributed by atoms with Gasteiger partial charge in [0.05, 0.1) is 12.2 Å². The molecule has 0 radical (unpaired) electrons. The molecule has 8 heteroatoms. The lowest BCUT2D eigenvalue weighted by Crippen LogP contribution is -2.48. The summed E-state index contributed by atoms with van der Waals surface area (Å²) < 4.78 is 1.64. The molecule has 0 aromatic carbocycles. The van der Waals surface area contributed by atoms with Crippen molar-refractivity contribution < 1.29 is 0 Å². The smallest absolute Gasteiger partial charge is 0.267 e. The van der Waals surface area contributed by atoms with Gasteiger partial charge in [0.1, 0.15) is 5.82 Å². The van der Waals surface area contributed by atoms with Crippen LogP contribution in [0.3, 0.4) is 0 Å². The molecule has 2 aromatic rings. The maximum absolute atomic E-state index is 12.2. The van der Waals surface area contributed by atoms with E-state index in [1.54, 1.807) is 10.7 Å². The van der Waals surface area contributed by atoms with E-state index in [0.29, 0.717) is 6.54 Å². The van der Waals surface area contributed by atoms with Crippen molar-refractivity contribution in [2.45, 2.75) is 25.8 Å². The summed E-state index contributed by atoms with van der Waals surface area (Å²) in [7, 11) is 3.97. The minimum atomic E-state index is 0.0307. The molecule has 0 bridgehead atoms. The molecule has 8 nitrogen and oxygen atoms in total. The number of fused-ring (bicyclic) bond motifs is 1. The first-order chi connectivity index (χ1) is 13.1. The fraction of sp³-hybridized carbons (Fsp3) is 0.579. The first kappa shape index (κ1) is 17.9. The van der Waals surface area contributed by atoms with Gasteiger partial charge in [-0.15, -0.1) is 0 Å². The maximum atomic E-state index is 12.2. The van der Waals surface area contributed by atoms with E-state index in [1.807, 2.05) is 31.3 Å². The normalized spacial score (nSPS) is 17.2. The van der Waals surface area contributed by atoms with Gasteiger partial charge in [-0.3, -0.25) is 9.69 Å². The van der Waals surface area contributed by atoms with Crippen molar-refractivity contribution in [3.63, 3.8) is 0 Å². The molecular weight excluding hydrogens is 342 g/mol. The third-order valence-corrected chi connectivity index (χ3v) is 5.39. The van der Waals surface area contributed by atoms with Gasteiger partial charge in [0.25, 0.3) is 5.56 Å². The molecule has 0 N–H and O–H groups in total. The van der Waals surface area contributed by atoms with E-state index in [1.165, 1.54) is 0 Å². The van der Waals surface area contributed by atoms with Crippen molar-refractivity contribution in [3.05, 3.63) is 39.9 Å². The van der Waals surface area contributed by atoms with Crippen LogP contribution < -0.4 is 15.4 Å². The highest BCUT2D eigenvalue weighted by Crippen LogP contribution is 2.17. The van der Waals surface area contributed by atoms with Gasteiger partial charge < -0.3 is 9.80 Å². The van der Waals surface area contributed by atoms with Crippen LogP contribution in [0.2, 0.25) is 0 Å². The van der Waals surface area contributed by atoms with Crippen LogP contribution in [0.15, 0.2) is 23.1 Å². The highest BCUT2D eigenvalue weighted by atomic mass is 16.1. The molecule has 1 aliphatic carbocycles. The first-order valence-electron chi connectivity index (χ1n) is 9.68. The van der Waals surface area contributed by atoms with Gasteiger partial charge in [0, 0.05) is 59.1 Å². The third-order valence-electron chi connectivity index (χ3n) is 5.39. The zero-order valence-corrected chi connectivity index (χ0v) is 16.1. The zero-order valence-electron chi connectivity index (χ0n) is 16.1. The second-order valence-electron chi connectivity index (χ2n) is 7.47. The van der Waals surface area contributed by atoms with Crippen LogP contribution in [0.25, 0.3) is 0 Å². The summed E-state index contributed by atoms with van der Waals surface area (Å²) in [6, 6.07) is 3.70. The molecule has 0 spiro atoms. The maximum Gasteiger partial charge on any atom is 0.267 e. The van der Waals surface area contributed by atoms with Crippen LogP contribution in [0.1, 0.15) is 17.7 Å². The molecule has 0 unspecified atom stereocenters. The van der Waals surface area contributed by atoms with E-state index in [4.69, 9.17) is 0 Å². The topological polar surface area (TPSA) is 70.4 Å². The fourth-order valence-corrected chi connectivity index (χ4v) is 3.75. The molecule has 0 atom stereocenters. The SMILES string of the molecule is CN(C)c1ccnc(N2CCN(CCn3nc4c(cc3=O)CCC4)CC2)n1. The van der Waals surface area contributed by atoms with Gasteiger partial charge in [-0.2, -0.15) is 10.1 Å². The Labute approximate surface area is 159 Å². The lowest BCUT2D eigenvalue weighted by atomic mass is 10.2. The summed E-state index contributed by atoms with van der Waals surface area (Å²) in [5, 5.41) is 4.57. The molecule has 3 heterocycles. The number of rotatable bonds is 5. The second kappa shape index (κ2) is 7.64. The molecule has 2 aliphatic rings. The molecule has 1 saturated heterocycles. The van der Waals surface area contributed by atoms with E-state index in [9.17, 15) is 4.79 Å². The predicted octanol–water partition coefficient (Wildman–Crippen LogP) is 0.410. The van der Waals surface area contributed by atoms with Gasteiger partial charge in [-0.25, -0.2) is 9.67 Å². The van der Waals surface area contributed by atoms with Crippen LogP contribution in [0.5, 0.6) is 0 Å². The fourth-order valence-electron chi connectivity index (χ4n) is 3.75. The van der Waals surface area contributed by atoms with Crippen molar-refractivity contribution in [1.82, 2.24) is 24.6 Å². The van der Waals surface area contributed by atoms with E-state index >= 15 is 0 Å². The number of aromatic nitrogens is 4. The van der Waals surface area contributed by atoms with Crippen LogP contribution in [0, 0.1) is 0 Å². The molecule has 0 saturated carbocycles. The predicted molar refractivity (Wildman–Crippen MR) is 106 cm³/mol. The summed E-state index contributed by atoms with van der Waals surface area (Å²) in [5.74, 6) is 1.71. The van der Waals surface area contributed by atoms with Crippen molar-refractivity contribution in [2.24, 2.45) is 0 Å². The van der Waals surface area contributed by atoms with Crippen LogP contribution >= 0.6 is 0 Å². The van der Waals surface area contributed by atoms with Crippen molar-refractivity contribution in [3.8, 4) is 0 Å². The molecular formula is C19H27N7O. The Morgan fingerprint density at radius 1 is 1.11 bits per heavy atom. The van der Waals surface area contributed by atoms with Crippen LogP contribution in [0.4, 0.5) is 11.8 Å². The van der Waals surface area contributed by atoms with E-state index in [0.717, 1.165) is 75.0 Å². The molecule has 144 valence electrons. The van der Waals surface area contributed by atoms with Crippen molar-refractivity contribution in [1.29, 1.82) is 0 Å². The van der Waals surface area contributed by atoms with Gasteiger partial charge >= 0.3 is 0 Å². The average Bonchev–Trinajstić information content (AvgIpc) is 3.13. The second-order valence-corrected chi connectivity index (χ2v) is 7.47. The number of hydrogen-bond acceptors (Lipinski definition) is 7. The largest absolute Gasteiger partial charge is 0.363 e. The summed E-state index contributed by atoms with van der Waals surface area (Å²) in [6.07, 6.45) is 4.93. The Hall–Kier alpha value is -2.48. The minimum Gasteiger partial charge on any atom is -0.363 e. The number of hydrogen-bond donors (Lipinski definition) is 0. The Bertz CT molecular complexity index is 855. The molecule has 1 aliphatic heterocycles. The van der Waals surface area contributed by atoms with Gasteiger partial charge in [0.15, 0.2) is 0 Å². The summed E-state index contributed by atoms with van der Waals surface area (Å²) >= 11 is 0. The zero-order chi connectivity index (χ0) is 18.8. The Kier molecular flexibility index (Phi) is 5.07. The summed E-state index contributed by atoms with van der Waals surface area (Å²) in [5.41, 5.74) is 2.28. The van der Waals surface area contributed by atoms with Gasteiger partial charge in [-0.05, 0) is 30.9 Å². The Morgan fingerprint density at radius 2 is 1.93 bits per heavy atom. The number of nitrogens with zero attached hydrogens (tertiary/aromatic N) is 7. The summed E-state index contributed by atoms with van der Waals surface area (Å²) in [6.45, 7) is 5.16. The van der Waals surface area contributed by atoms with E-state index < -0.39 is 0 Å². The quantitative estimate of drug-likeness (QED) is 0.756. The van der Waals surface area contributed by atoms with Crippen molar-refractivity contribution >= 4 is 11.8 Å². The Morgan fingerprint density at radius 3 is 2.70 bits per heavy atom. The molecule has 0 amide bonds. The summed E-state index contributed by atoms with van der Waals surface area (Å²) in [4.78, 5) is 27.9. The lowest BCUT2D eigenvalue weighted by Gasteiger charge is -2.34. The highest BCUT2D eigenvalue weighted by Gasteiger charge is 2.20. The molecule has 4 rings (SSSR count). The third kappa shape index (κ3) is 3.95. The van der Waals surface area contributed by atoms with Gasteiger partial charge in [0.2, 0.25) is 5.95 Å². The monoisotopic (exact) mass is 369 g/mol. The number of piperazine rings is 1. The standard InChI is InChI=1S/C19H27N7O/c1-23(2)17-6-7-20-19(21-17)25-11-8-24(9-12-25)10-13-26-18(27)14-15-4-3-5-16(15)22-26/h6-7,14H,3-5,8-13H2,1-2H3. The Balaban J connectivity index is 1.32. The van der Waals surface area contributed by atoms with E-state index in [2.05, 4.69) is 24.9 Å². The van der Waals surface area contributed by atoms with Crippen LogP contribution in [-0.4, -0.2) is 71.5 Å². The van der Waals surface area contributed by atoms with Gasteiger partial charge in [-0.1, -0.05) is 0 Å². The van der Waals surface area contributed by atoms with E-state index in [-0.39, 0.29) is 5.56 Å². The van der Waals surface area contributed by atoms with Crippen molar-refractivity contribution in [2.75, 3.05) is 56.6 Å². The number of anilines is 2. The molecule has 27 heavy (non-hydrogen) atoms. The molecule has 1 fully saturated rings. The van der Waals surface area contributed by atoms with Crippen LogP contribution in [-0.2, 0) is 19.4 Å². The first-order valence-corrected chi connectivity index (χ1v) is 9.68. The average molecular weight is 369 g/mol. The number of aryl methyl sites for hydroxylation is 2. The highest BCUT2D eigenvalue weighted by molar-refractivity contribution is 5.42. The molecule has 2 aromatic heterocycles.